The van der Waals surface area contributed by atoms with E-state index in [-0.39, 0.29) is 11.8 Å². The zero-order valence-electron chi connectivity index (χ0n) is 16.6. The molecule has 2 fully saturated rings. The van der Waals surface area contributed by atoms with Gasteiger partial charge in [-0.15, -0.1) is 0 Å². The summed E-state index contributed by atoms with van der Waals surface area (Å²) in [6, 6.07) is 7.43. The van der Waals surface area contributed by atoms with Crippen LogP contribution >= 0.6 is 0 Å². The number of nitrogens with one attached hydrogen (secondary N) is 1. The molecular formula is C22H26N4O3. The molecule has 2 atom stereocenters. The van der Waals surface area contributed by atoms with Gasteiger partial charge in [0.25, 0.3) is 0 Å². The van der Waals surface area contributed by atoms with Gasteiger partial charge in [0, 0.05) is 51.3 Å². The fraction of sp³-hybridized carbons (Fsp3) is 0.500. The number of aromatic nitrogens is 2. The Bertz CT molecular complexity index is 949. The van der Waals surface area contributed by atoms with Crippen LogP contribution in [0.5, 0.6) is 0 Å². The molecule has 3 aliphatic heterocycles. The van der Waals surface area contributed by atoms with Crippen LogP contribution in [-0.2, 0) is 26.8 Å². The highest BCUT2D eigenvalue weighted by atomic mass is 16.5. The lowest BCUT2D eigenvalue weighted by atomic mass is 9.74. The summed E-state index contributed by atoms with van der Waals surface area (Å²) in [4.78, 5) is 33.2. The number of nitrogens with zero attached hydrogens (tertiary/aromatic N) is 3. The second-order valence-electron chi connectivity index (χ2n) is 8.37. The Morgan fingerprint density at radius 2 is 2.10 bits per heavy atom. The van der Waals surface area contributed by atoms with E-state index >= 15 is 0 Å². The van der Waals surface area contributed by atoms with Crippen LogP contribution in [0.2, 0.25) is 0 Å². The van der Waals surface area contributed by atoms with E-state index in [0.29, 0.717) is 25.3 Å². The van der Waals surface area contributed by atoms with Crippen molar-refractivity contribution < 1.29 is 14.3 Å². The Hall–Kier alpha value is -2.67. The van der Waals surface area contributed by atoms with E-state index in [1.165, 1.54) is 0 Å². The lowest BCUT2D eigenvalue weighted by Crippen LogP contribution is -2.44. The molecule has 5 rings (SSSR count). The highest BCUT2D eigenvalue weighted by molar-refractivity contribution is 6.07. The quantitative estimate of drug-likeness (QED) is 0.867. The third kappa shape index (κ3) is 2.79. The van der Waals surface area contributed by atoms with Crippen LogP contribution in [0.15, 0.2) is 36.7 Å². The first kappa shape index (κ1) is 18.4. The number of fused-ring (bicyclic) bond motifs is 2. The number of hydrogen-bond donors (Lipinski definition) is 1. The maximum absolute atomic E-state index is 13.4. The van der Waals surface area contributed by atoms with Crippen LogP contribution in [0.3, 0.4) is 0 Å². The molecule has 2 aromatic rings. The van der Waals surface area contributed by atoms with Crippen molar-refractivity contribution in [1.82, 2.24) is 14.5 Å². The number of hydrogen-bond acceptors (Lipinski definition) is 4. The molecule has 2 saturated heterocycles. The van der Waals surface area contributed by atoms with Crippen LogP contribution in [0.4, 0.5) is 5.69 Å². The zero-order chi connectivity index (χ0) is 20.0. The average molecular weight is 394 g/mol. The van der Waals surface area contributed by atoms with Gasteiger partial charge in [-0.2, -0.15) is 0 Å². The first-order valence-electron chi connectivity index (χ1n) is 10.4. The summed E-state index contributed by atoms with van der Waals surface area (Å²) in [6.07, 6.45) is 6.56. The Balaban J connectivity index is 1.55. The minimum Gasteiger partial charge on any atom is -0.381 e. The molecule has 0 unspecified atom stereocenters. The van der Waals surface area contributed by atoms with Gasteiger partial charge in [0.15, 0.2) is 0 Å². The molecule has 2 amide bonds. The molecule has 4 heterocycles. The summed E-state index contributed by atoms with van der Waals surface area (Å²) < 4.78 is 7.37. The molecule has 1 aromatic carbocycles. The van der Waals surface area contributed by atoms with Crippen LogP contribution in [0.1, 0.15) is 43.1 Å². The summed E-state index contributed by atoms with van der Waals surface area (Å²) in [6.45, 7) is 2.00. The van der Waals surface area contributed by atoms with Gasteiger partial charge in [-0.1, -0.05) is 18.2 Å². The standard InChI is InChI=1S/C22H26N4O3/c1-25-11-9-23-20(25)19-22(16-4-2-3-5-17(16)24-21(22)28)8-10-26(19)18(27)14-15-6-12-29-13-7-15/h2-5,9,11,15,19H,6-8,10,12-14H2,1H3,(H,24,28)/t19-,22+/m0/s1. The van der Waals surface area contributed by atoms with Crippen LogP contribution in [0.25, 0.3) is 0 Å². The fourth-order valence-corrected chi connectivity index (χ4v) is 5.27. The highest BCUT2D eigenvalue weighted by Crippen LogP contribution is 2.54. The fourth-order valence-electron chi connectivity index (χ4n) is 5.27. The minimum atomic E-state index is -0.791. The van der Waals surface area contributed by atoms with E-state index in [1.807, 2.05) is 47.0 Å². The van der Waals surface area contributed by atoms with Gasteiger partial charge in [0.05, 0.1) is 0 Å². The molecule has 7 heteroatoms. The number of imidazole rings is 1. The summed E-state index contributed by atoms with van der Waals surface area (Å²) in [5.74, 6) is 1.18. The first-order valence-corrected chi connectivity index (χ1v) is 10.4. The Labute approximate surface area is 170 Å². The topological polar surface area (TPSA) is 76.5 Å². The summed E-state index contributed by atoms with van der Waals surface area (Å²) in [5, 5.41) is 3.05. The van der Waals surface area contributed by atoms with Gasteiger partial charge in [-0.05, 0) is 36.8 Å². The SMILES string of the molecule is Cn1ccnc1[C@@H]1N(C(=O)CC2CCOCC2)CC[C@]12C(=O)Nc1ccccc12. The summed E-state index contributed by atoms with van der Waals surface area (Å²) in [7, 11) is 1.92. The van der Waals surface area contributed by atoms with Crippen LogP contribution < -0.4 is 5.32 Å². The molecular weight excluding hydrogens is 368 g/mol. The number of para-hydroxylation sites is 1. The molecule has 7 nitrogen and oxygen atoms in total. The monoisotopic (exact) mass is 394 g/mol. The lowest BCUT2D eigenvalue weighted by molar-refractivity contribution is -0.135. The van der Waals surface area contributed by atoms with Gasteiger partial charge >= 0.3 is 0 Å². The Morgan fingerprint density at radius 3 is 2.86 bits per heavy atom. The number of ether oxygens (including phenoxy) is 1. The molecule has 0 saturated carbocycles. The predicted octanol–water partition coefficient (Wildman–Crippen LogP) is 2.40. The van der Waals surface area contributed by atoms with Crippen molar-refractivity contribution in [2.24, 2.45) is 13.0 Å². The van der Waals surface area contributed by atoms with E-state index in [4.69, 9.17) is 4.74 Å². The number of amides is 2. The molecule has 29 heavy (non-hydrogen) atoms. The second kappa shape index (κ2) is 6.99. The predicted molar refractivity (Wildman–Crippen MR) is 107 cm³/mol. The summed E-state index contributed by atoms with van der Waals surface area (Å²) >= 11 is 0. The maximum Gasteiger partial charge on any atom is 0.237 e. The van der Waals surface area contributed by atoms with Gasteiger partial charge < -0.3 is 19.5 Å². The molecule has 0 bridgehead atoms. The number of rotatable bonds is 3. The third-order valence-corrected chi connectivity index (χ3v) is 6.81. The normalized spacial score (nSPS) is 26.7. The van der Waals surface area contributed by atoms with Crippen molar-refractivity contribution in [3.63, 3.8) is 0 Å². The van der Waals surface area contributed by atoms with Gasteiger partial charge in [-0.25, -0.2) is 4.98 Å². The van der Waals surface area contributed by atoms with Gasteiger partial charge in [-0.3, -0.25) is 9.59 Å². The first-order chi connectivity index (χ1) is 14.1. The largest absolute Gasteiger partial charge is 0.381 e. The van der Waals surface area contributed by atoms with Gasteiger partial charge in [0.1, 0.15) is 17.3 Å². The Kier molecular flexibility index (Phi) is 4.42. The van der Waals surface area contributed by atoms with Crippen molar-refractivity contribution in [3.05, 3.63) is 48.0 Å². The molecule has 0 radical (unpaired) electrons. The van der Waals surface area contributed by atoms with Crippen molar-refractivity contribution >= 4 is 17.5 Å². The van der Waals surface area contributed by atoms with Crippen LogP contribution in [-0.4, -0.2) is 46.0 Å². The van der Waals surface area contributed by atoms with Gasteiger partial charge in [0.2, 0.25) is 11.8 Å². The van der Waals surface area contributed by atoms with E-state index in [9.17, 15) is 9.59 Å². The minimum absolute atomic E-state index is 0.0342. The van der Waals surface area contributed by atoms with Crippen molar-refractivity contribution in [3.8, 4) is 0 Å². The van der Waals surface area contributed by atoms with E-state index < -0.39 is 11.5 Å². The number of likely N-dealkylation sites (tertiary alicyclic amines) is 1. The Morgan fingerprint density at radius 1 is 1.31 bits per heavy atom. The number of carbonyl (C=O) groups excluding carboxylic acids is 2. The number of anilines is 1. The number of aryl methyl sites for hydroxylation is 1. The summed E-state index contributed by atoms with van der Waals surface area (Å²) in [5.41, 5.74) is 1.02. The molecule has 0 aliphatic carbocycles. The van der Waals surface area contributed by atoms with Crippen molar-refractivity contribution in [2.75, 3.05) is 25.1 Å². The molecule has 3 aliphatic rings. The number of benzene rings is 1. The van der Waals surface area contributed by atoms with Crippen LogP contribution in [0, 0.1) is 5.92 Å². The molecule has 1 spiro atoms. The molecule has 1 N–H and O–H groups in total. The van der Waals surface area contributed by atoms with E-state index in [2.05, 4.69) is 10.3 Å². The highest BCUT2D eigenvalue weighted by Gasteiger charge is 2.60. The van der Waals surface area contributed by atoms with Crippen molar-refractivity contribution in [1.29, 1.82) is 0 Å². The van der Waals surface area contributed by atoms with E-state index in [1.54, 1.807) is 6.20 Å². The van der Waals surface area contributed by atoms with Crippen molar-refractivity contribution in [2.45, 2.75) is 37.1 Å². The average Bonchev–Trinajstić information content (AvgIpc) is 3.40. The zero-order valence-corrected chi connectivity index (χ0v) is 16.6. The number of carbonyl (C=O) groups is 2. The molecule has 152 valence electrons. The van der Waals surface area contributed by atoms with E-state index in [0.717, 1.165) is 43.1 Å². The second-order valence-corrected chi connectivity index (χ2v) is 8.37. The maximum atomic E-state index is 13.4. The lowest BCUT2D eigenvalue weighted by Gasteiger charge is -2.34. The molecule has 1 aromatic heterocycles. The smallest absolute Gasteiger partial charge is 0.237 e. The third-order valence-electron chi connectivity index (χ3n) is 6.81.